The third kappa shape index (κ3) is 2.48. The van der Waals surface area contributed by atoms with Crippen molar-refractivity contribution in [1.29, 1.82) is 0 Å². The minimum Gasteiger partial charge on any atom is -0.503 e. The van der Waals surface area contributed by atoms with E-state index < -0.39 is 0 Å². The maximum absolute atomic E-state index is 9.98. The number of aliphatic hydroxyl groups is 2. The molecule has 0 spiro atoms. The minimum absolute atomic E-state index is 0.267. The van der Waals surface area contributed by atoms with Gasteiger partial charge < -0.3 is 10.2 Å². The number of aryl methyl sites for hydroxylation is 2. The van der Waals surface area contributed by atoms with Crippen LogP contribution in [0.5, 0.6) is 0 Å². The van der Waals surface area contributed by atoms with Gasteiger partial charge in [-0.05, 0) is 49.2 Å². The van der Waals surface area contributed by atoms with Gasteiger partial charge in [-0.25, -0.2) is 0 Å². The van der Waals surface area contributed by atoms with E-state index >= 15 is 0 Å². The van der Waals surface area contributed by atoms with Crippen LogP contribution in [0.25, 0.3) is 11.5 Å². The van der Waals surface area contributed by atoms with E-state index in [0.29, 0.717) is 11.4 Å². The molecule has 2 N–H and O–H groups in total. The van der Waals surface area contributed by atoms with Crippen molar-refractivity contribution in [3.63, 3.8) is 0 Å². The van der Waals surface area contributed by atoms with Gasteiger partial charge in [0.05, 0.1) is 0 Å². The summed E-state index contributed by atoms with van der Waals surface area (Å²) in [6.07, 6.45) is 3.16. The summed E-state index contributed by atoms with van der Waals surface area (Å²) in [7, 11) is 0. The number of aliphatic hydroxyl groups excluding tert-OH is 2. The Labute approximate surface area is 105 Å². The van der Waals surface area contributed by atoms with Gasteiger partial charge in [-0.1, -0.05) is 0 Å². The lowest BCUT2D eigenvalue weighted by Gasteiger charge is -2.05. The van der Waals surface area contributed by atoms with Crippen LogP contribution in [0.1, 0.15) is 22.5 Å². The van der Waals surface area contributed by atoms with Crippen molar-refractivity contribution in [2.24, 2.45) is 0 Å². The number of pyridine rings is 2. The number of hydrogen-bond donors (Lipinski definition) is 2. The molecule has 4 heteroatoms. The Hall–Kier alpha value is -2.36. The lowest BCUT2D eigenvalue weighted by Crippen LogP contribution is -1.96. The molecule has 4 nitrogen and oxygen atoms in total. The van der Waals surface area contributed by atoms with Crippen molar-refractivity contribution in [3.05, 3.63) is 59.2 Å². The van der Waals surface area contributed by atoms with Gasteiger partial charge in [-0.3, -0.25) is 9.97 Å². The standard InChI is InChI=1S/C14H14N2O2/c1-9-3-5-15-11(7-9)13(17)14(18)12-8-10(2)4-6-16-12/h3-8,17-18H,1-2H3. The SMILES string of the molecule is Cc1ccnc(C(O)=C(O)c2cc(C)ccn2)c1. The summed E-state index contributed by atoms with van der Waals surface area (Å²) >= 11 is 0. The molecule has 92 valence electrons. The highest BCUT2D eigenvalue weighted by Crippen LogP contribution is 2.20. The predicted molar refractivity (Wildman–Crippen MR) is 70.0 cm³/mol. The number of nitrogens with zero attached hydrogens (tertiary/aromatic N) is 2. The number of aromatic nitrogens is 2. The van der Waals surface area contributed by atoms with E-state index in [1.54, 1.807) is 24.5 Å². The highest BCUT2D eigenvalue weighted by Gasteiger charge is 2.11. The third-order valence-corrected chi connectivity index (χ3v) is 2.54. The first-order valence-corrected chi connectivity index (χ1v) is 5.56. The van der Waals surface area contributed by atoms with Gasteiger partial charge in [0.25, 0.3) is 0 Å². The molecule has 0 saturated heterocycles. The summed E-state index contributed by atoms with van der Waals surface area (Å²) in [5.74, 6) is -0.534. The molecule has 0 aromatic carbocycles. The zero-order valence-corrected chi connectivity index (χ0v) is 10.3. The lowest BCUT2D eigenvalue weighted by atomic mass is 10.1. The summed E-state index contributed by atoms with van der Waals surface area (Å²) in [5.41, 5.74) is 2.57. The highest BCUT2D eigenvalue weighted by molar-refractivity contribution is 5.79. The van der Waals surface area contributed by atoms with Gasteiger partial charge in [0, 0.05) is 12.4 Å². The van der Waals surface area contributed by atoms with Gasteiger partial charge in [0.1, 0.15) is 11.4 Å². The van der Waals surface area contributed by atoms with Crippen LogP contribution < -0.4 is 0 Å². The van der Waals surface area contributed by atoms with Gasteiger partial charge in [0.15, 0.2) is 11.5 Å². The third-order valence-electron chi connectivity index (χ3n) is 2.54. The Kier molecular flexibility index (Phi) is 3.28. The summed E-state index contributed by atoms with van der Waals surface area (Å²) in [6.45, 7) is 3.78. The van der Waals surface area contributed by atoms with Gasteiger partial charge >= 0.3 is 0 Å². The average molecular weight is 242 g/mol. The van der Waals surface area contributed by atoms with E-state index in [1.165, 1.54) is 0 Å². The molecule has 18 heavy (non-hydrogen) atoms. The van der Waals surface area contributed by atoms with Crippen LogP contribution in [-0.4, -0.2) is 20.2 Å². The van der Waals surface area contributed by atoms with Crippen LogP contribution in [-0.2, 0) is 0 Å². The predicted octanol–water partition coefficient (Wildman–Crippen LogP) is 3.04. The molecular weight excluding hydrogens is 228 g/mol. The second-order valence-electron chi connectivity index (χ2n) is 4.13. The molecule has 2 heterocycles. The van der Waals surface area contributed by atoms with Crippen LogP contribution >= 0.6 is 0 Å². The van der Waals surface area contributed by atoms with Crippen molar-refractivity contribution in [2.75, 3.05) is 0 Å². The minimum atomic E-state index is -0.267. The average Bonchev–Trinajstić information content (AvgIpc) is 2.37. The summed E-state index contributed by atoms with van der Waals surface area (Å²) in [5, 5.41) is 20.0. The molecule has 0 atom stereocenters. The van der Waals surface area contributed by atoms with Gasteiger partial charge in [-0.2, -0.15) is 0 Å². The van der Waals surface area contributed by atoms with Crippen molar-refractivity contribution < 1.29 is 10.2 Å². The molecular formula is C14H14N2O2. The second kappa shape index (κ2) is 4.87. The van der Waals surface area contributed by atoms with Gasteiger partial charge in [0.2, 0.25) is 0 Å². The van der Waals surface area contributed by atoms with Crippen molar-refractivity contribution >= 4 is 11.5 Å². The van der Waals surface area contributed by atoms with E-state index in [9.17, 15) is 10.2 Å². The molecule has 0 aliphatic rings. The fourth-order valence-electron chi connectivity index (χ4n) is 1.57. The molecule has 2 aromatic heterocycles. The maximum Gasteiger partial charge on any atom is 0.186 e. The van der Waals surface area contributed by atoms with E-state index in [4.69, 9.17) is 0 Å². The van der Waals surface area contributed by atoms with Crippen molar-refractivity contribution in [3.8, 4) is 0 Å². The molecule has 0 aliphatic carbocycles. The first-order valence-electron chi connectivity index (χ1n) is 5.56. The Bertz CT molecular complexity index is 553. The second-order valence-corrected chi connectivity index (χ2v) is 4.13. The van der Waals surface area contributed by atoms with E-state index in [2.05, 4.69) is 9.97 Å². The number of rotatable bonds is 2. The maximum atomic E-state index is 9.98. The molecule has 0 unspecified atom stereocenters. The molecule has 0 fully saturated rings. The fraction of sp³-hybridized carbons (Fsp3) is 0.143. The largest absolute Gasteiger partial charge is 0.503 e. The molecule has 0 bridgehead atoms. The molecule has 0 saturated carbocycles. The quantitative estimate of drug-likeness (QED) is 0.794. The van der Waals surface area contributed by atoms with Crippen molar-refractivity contribution in [1.82, 2.24) is 9.97 Å². The molecule has 0 radical (unpaired) electrons. The monoisotopic (exact) mass is 242 g/mol. The summed E-state index contributed by atoms with van der Waals surface area (Å²) in [6, 6.07) is 7.03. The van der Waals surface area contributed by atoms with Crippen LogP contribution in [0.4, 0.5) is 0 Å². The topological polar surface area (TPSA) is 66.2 Å². The molecule has 2 aromatic rings. The first-order chi connectivity index (χ1) is 8.58. The summed E-state index contributed by atoms with van der Waals surface area (Å²) < 4.78 is 0. The molecule has 0 aliphatic heterocycles. The smallest absolute Gasteiger partial charge is 0.186 e. The Morgan fingerprint density at radius 1 is 0.833 bits per heavy atom. The van der Waals surface area contributed by atoms with Crippen molar-refractivity contribution in [2.45, 2.75) is 13.8 Å². The Morgan fingerprint density at radius 2 is 1.22 bits per heavy atom. The van der Waals surface area contributed by atoms with Crippen LogP contribution in [0, 0.1) is 13.8 Å². The van der Waals surface area contributed by atoms with Crippen LogP contribution in [0.3, 0.4) is 0 Å². The number of hydrogen-bond acceptors (Lipinski definition) is 4. The molecule has 0 amide bonds. The van der Waals surface area contributed by atoms with E-state index in [-0.39, 0.29) is 11.5 Å². The normalized spacial score (nSPS) is 12.1. The fourth-order valence-corrected chi connectivity index (χ4v) is 1.57. The van der Waals surface area contributed by atoms with Gasteiger partial charge in [-0.15, -0.1) is 0 Å². The summed E-state index contributed by atoms with van der Waals surface area (Å²) in [4.78, 5) is 8.03. The highest BCUT2D eigenvalue weighted by atomic mass is 16.3. The first kappa shape index (κ1) is 12.1. The molecule has 2 rings (SSSR count). The lowest BCUT2D eigenvalue weighted by molar-refractivity contribution is 0.455. The van der Waals surface area contributed by atoms with Crippen LogP contribution in [0.15, 0.2) is 36.7 Å². The van der Waals surface area contributed by atoms with E-state index in [0.717, 1.165) is 11.1 Å². The Morgan fingerprint density at radius 3 is 1.56 bits per heavy atom. The van der Waals surface area contributed by atoms with E-state index in [1.807, 2.05) is 26.0 Å². The Balaban J connectivity index is 2.47. The zero-order chi connectivity index (χ0) is 13.1. The zero-order valence-electron chi connectivity index (χ0n) is 10.3. The van der Waals surface area contributed by atoms with Crippen LogP contribution in [0.2, 0.25) is 0 Å².